The highest BCUT2D eigenvalue weighted by molar-refractivity contribution is 8.14. The van der Waals surface area contributed by atoms with Crippen LogP contribution in [0.4, 0.5) is 0 Å². The van der Waals surface area contributed by atoms with E-state index in [0.717, 1.165) is 28.8 Å². The van der Waals surface area contributed by atoms with Gasteiger partial charge >= 0.3 is 0 Å². The van der Waals surface area contributed by atoms with Gasteiger partial charge in [0.05, 0.1) is 23.3 Å². The first kappa shape index (κ1) is 16.1. The number of fused-ring (bicyclic) bond motifs is 1. The van der Waals surface area contributed by atoms with Gasteiger partial charge in [0.15, 0.2) is 5.17 Å². The number of benzene rings is 2. The molecule has 1 N–H and O–H groups in total. The summed E-state index contributed by atoms with van der Waals surface area (Å²) in [6.07, 6.45) is 0. The van der Waals surface area contributed by atoms with Crippen molar-refractivity contribution in [3.05, 3.63) is 65.2 Å². The van der Waals surface area contributed by atoms with Crippen molar-refractivity contribution in [2.45, 2.75) is 0 Å². The number of amides is 1. The molecule has 1 aliphatic rings. The molecule has 124 valence electrons. The lowest BCUT2D eigenvalue weighted by atomic mass is 10.0. The van der Waals surface area contributed by atoms with Crippen LogP contribution in [-0.4, -0.2) is 28.4 Å². The number of hydrogen-bond acceptors (Lipinski definition) is 4. The lowest BCUT2D eigenvalue weighted by molar-refractivity contribution is 0.0979. The van der Waals surface area contributed by atoms with Crippen LogP contribution < -0.4 is 5.32 Å². The molecule has 1 amide bonds. The third-order valence-electron chi connectivity index (χ3n) is 3.92. The van der Waals surface area contributed by atoms with E-state index in [1.54, 1.807) is 17.8 Å². The summed E-state index contributed by atoms with van der Waals surface area (Å²) < 4.78 is 0. The summed E-state index contributed by atoms with van der Waals surface area (Å²) >= 11 is 7.87. The molecule has 2 aromatic carbocycles. The molecule has 0 saturated heterocycles. The molecule has 4 nitrogen and oxygen atoms in total. The predicted molar refractivity (Wildman–Crippen MR) is 104 cm³/mol. The Morgan fingerprint density at radius 2 is 1.92 bits per heavy atom. The van der Waals surface area contributed by atoms with Crippen molar-refractivity contribution in [3.8, 4) is 11.3 Å². The molecule has 0 radical (unpaired) electrons. The van der Waals surface area contributed by atoms with Crippen LogP contribution in [0.5, 0.6) is 0 Å². The van der Waals surface area contributed by atoms with Crippen molar-refractivity contribution in [1.29, 1.82) is 0 Å². The Labute approximate surface area is 154 Å². The fourth-order valence-corrected chi connectivity index (χ4v) is 3.70. The van der Waals surface area contributed by atoms with Crippen LogP contribution in [0.3, 0.4) is 0 Å². The second-order valence-corrected chi connectivity index (χ2v) is 7.03. The first-order valence-corrected chi connectivity index (χ1v) is 9.22. The van der Waals surface area contributed by atoms with Crippen molar-refractivity contribution in [2.75, 3.05) is 12.3 Å². The monoisotopic (exact) mass is 367 g/mol. The maximum Gasteiger partial charge on any atom is 0.257 e. The number of halogens is 1. The van der Waals surface area contributed by atoms with Gasteiger partial charge in [0.2, 0.25) is 0 Å². The van der Waals surface area contributed by atoms with Crippen LogP contribution >= 0.6 is 23.4 Å². The number of thioether (sulfide) groups is 1. The second-order valence-electron chi connectivity index (χ2n) is 5.54. The molecule has 0 aliphatic carbocycles. The zero-order chi connectivity index (χ0) is 17.2. The number of aliphatic imine (C=N–C) groups is 1. The number of amidine groups is 1. The average molecular weight is 368 g/mol. The Morgan fingerprint density at radius 3 is 2.72 bits per heavy atom. The van der Waals surface area contributed by atoms with Gasteiger partial charge in [-0.15, -0.1) is 0 Å². The predicted octanol–water partition coefficient (Wildman–Crippen LogP) is 4.39. The van der Waals surface area contributed by atoms with Gasteiger partial charge in [-0.25, -0.2) is 4.98 Å². The second kappa shape index (κ2) is 6.86. The Balaban J connectivity index is 1.84. The van der Waals surface area contributed by atoms with Gasteiger partial charge in [-0.05, 0) is 18.2 Å². The number of nitrogens with one attached hydrogen (secondary N) is 1. The number of pyridine rings is 1. The summed E-state index contributed by atoms with van der Waals surface area (Å²) in [5.41, 5.74) is 2.80. The quantitative estimate of drug-likeness (QED) is 0.730. The molecule has 0 fully saturated rings. The van der Waals surface area contributed by atoms with Gasteiger partial charge in [0.1, 0.15) is 0 Å². The summed E-state index contributed by atoms with van der Waals surface area (Å²) in [5.74, 6) is 0.720. The van der Waals surface area contributed by atoms with E-state index in [1.807, 2.05) is 48.5 Å². The van der Waals surface area contributed by atoms with Crippen LogP contribution in [0.25, 0.3) is 22.2 Å². The Kier molecular flexibility index (Phi) is 4.42. The fraction of sp³-hybridized carbons (Fsp3) is 0.105. The molecule has 0 spiro atoms. The lowest BCUT2D eigenvalue weighted by Crippen LogP contribution is -2.27. The smallest absolute Gasteiger partial charge is 0.257 e. The summed E-state index contributed by atoms with van der Waals surface area (Å²) in [6, 6.07) is 16.9. The normalized spacial score (nSPS) is 13.7. The highest BCUT2D eigenvalue weighted by atomic mass is 35.5. The van der Waals surface area contributed by atoms with Gasteiger partial charge < -0.3 is 5.32 Å². The van der Waals surface area contributed by atoms with E-state index in [1.165, 1.54) is 0 Å². The summed E-state index contributed by atoms with van der Waals surface area (Å²) in [7, 11) is 0. The SMILES string of the molecule is O=C(NC1=NCCS1)c1cc(-c2ccccc2Cl)nc2ccccc12. The number of carbonyl (C=O) groups excluding carboxylic acids is 1. The van der Waals surface area contributed by atoms with Crippen molar-refractivity contribution in [3.63, 3.8) is 0 Å². The minimum Gasteiger partial charge on any atom is -0.301 e. The summed E-state index contributed by atoms with van der Waals surface area (Å²) in [6.45, 7) is 0.738. The zero-order valence-corrected chi connectivity index (χ0v) is 14.8. The summed E-state index contributed by atoms with van der Waals surface area (Å²) in [5, 5.41) is 4.97. The van der Waals surface area contributed by atoms with Crippen molar-refractivity contribution >= 4 is 45.3 Å². The van der Waals surface area contributed by atoms with Crippen molar-refractivity contribution in [2.24, 2.45) is 4.99 Å². The first-order chi connectivity index (χ1) is 12.2. The van der Waals surface area contributed by atoms with Crippen molar-refractivity contribution in [1.82, 2.24) is 10.3 Å². The summed E-state index contributed by atoms with van der Waals surface area (Å²) in [4.78, 5) is 21.8. The van der Waals surface area contributed by atoms with Gasteiger partial charge in [-0.2, -0.15) is 0 Å². The molecule has 0 atom stereocenters. The molecule has 1 aromatic heterocycles. The molecule has 3 aromatic rings. The minimum absolute atomic E-state index is 0.181. The molecule has 1 aliphatic heterocycles. The third kappa shape index (κ3) is 3.25. The number of hydrogen-bond donors (Lipinski definition) is 1. The van der Waals surface area contributed by atoms with Gasteiger partial charge in [-0.3, -0.25) is 9.79 Å². The average Bonchev–Trinajstić information content (AvgIpc) is 3.14. The Bertz CT molecular complexity index is 1000. The van der Waals surface area contributed by atoms with E-state index in [4.69, 9.17) is 11.6 Å². The van der Waals surface area contributed by atoms with E-state index in [9.17, 15) is 4.79 Å². The maximum absolute atomic E-state index is 12.8. The van der Waals surface area contributed by atoms with Gasteiger partial charge in [-0.1, -0.05) is 59.8 Å². The van der Waals surface area contributed by atoms with Crippen LogP contribution in [0.2, 0.25) is 5.02 Å². The number of carbonyl (C=O) groups is 1. The van der Waals surface area contributed by atoms with Crippen LogP contribution in [0, 0.1) is 0 Å². The topological polar surface area (TPSA) is 54.4 Å². The van der Waals surface area contributed by atoms with Gasteiger partial charge in [0, 0.05) is 21.7 Å². The first-order valence-electron chi connectivity index (χ1n) is 7.86. The van der Waals surface area contributed by atoms with E-state index >= 15 is 0 Å². The molecule has 25 heavy (non-hydrogen) atoms. The Morgan fingerprint density at radius 1 is 1.12 bits per heavy atom. The third-order valence-corrected chi connectivity index (χ3v) is 5.14. The number of para-hydroxylation sites is 1. The van der Waals surface area contributed by atoms with E-state index in [-0.39, 0.29) is 5.91 Å². The minimum atomic E-state index is -0.181. The number of nitrogens with zero attached hydrogens (tertiary/aromatic N) is 2. The molecular formula is C19H14ClN3OS. The lowest BCUT2D eigenvalue weighted by Gasteiger charge is -2.11. The molecular weight excluding hydrogens is 354 g/mol. The largest absolute Gasteiger partial charge is 0.301 e. The van der Waals surface area contributed by atoms with Crippen LogP contribution in [0.15, 0.2) is 59.6 Å². The molecule has 0 bridgehead atoms. The molecule has 0 saturated carbocycles. The molecule has 0 unspecified atom stereocenters. The van der Waals surface area contributed by atoms with E-state index in [0.29, 0.717) is 21.4 Å². The molecule has 6 heteroatoms. The van der Waals surface area contributed by atoms with Crippen LogP contribution in [0.1, 0.15) is 10.4 Å². The molecule has 2 heterocycles. The van der Waals surface area contributed by atoms with E-state index in [2.05, 4.69) is 15.3 Å². The van der Waals surface area contributed by atoms with E-state index < -0.39 is 0 Å². The number of rotatable bonds is 2. The Hall–Kier alpha value is -2.37. The standard InChI is InChI=1S/C19H14ClN3OS/c20-15-7-3-1-6-13(15)17-11-14(12-5-2-4-8-16(12)22-17)18(24)23-19-21-9-10-25-19/h1-8,11H,9-10H2,(H,21,23,24). The van der Waals surface area contributed by atoms with Crippen LogP contribution in [-0.2, 0) is 0 Å². The molecule has 4 rings (SSSR count). The van der Waals surface area contributed by atoms with Gasteiger partial charge in [0.25, 0.3) is 5.91 Å². The van der Waals surface area contributed by atoms with Crippen molar-refractivity contribution < 1.29 is 4.79 Å². The fourth-order valence-electron chi connectivity index (χ4n) is 2.75. The number of aromatic nitrogens is 1. The maximum atomic E-state index is 12.8. The highest BCUT2D eigenvalue weighted by Gasteiger charge is 2.17. The zero-order valence-electron chi connectivity index (χ0n) is 13.2. The highest BCUT2D eigenvalue weighted by Crippen LogP contribution is 2.29.